The number of nitrogens with two attached hydrogens (primary N) is 1. The highest BCUT2D eigenvalue weighted by Gasteiger charge is 2.13. The van der Waals surface area contributed by atoms with Crippen LogP contribution in [0, 0.1) is 12.7 Å². The molecule has 0 aliphatic rings. The third kappa shape index (κ3) is 2.77. The lowest BCUT2D eigenvalue weighted by molar-refractivity contribution is -0.117. The number of nitrogens with zero attached hydrogens (tertiary/aromatic N) is 1. The second-order valence-corrected chi connectivity index (χ2v) is 4.85. The van der Waals surface area contributed by atoms with Crippen molar-refractivity contribution in [1.29, 1.82) is 0 Å². The Hall–Kier alpha value is -1.24. The summed E-state index contributed by atoms with van der Waals surface area (Å²) in [6, 6.07) is 2.45. The second-order valence-electron chi connectivity index (χ2n) is 3.82. The number of amides is 1. The van der Waals surface area contributed by atoms with Crippen LogP contribution in [0.5, 0.6) is 0 Å². The number of carbonyl (C=O) groups is 1. The van der Waals surface area contributed by atoms with Crippen LogP contribution in [0.1, 0.15) is 12.5 Å². The standard InChI is InChI=1S/C11H12FN3OS.ClH/c1-5-7(12)3-4-8-9(5)14-11(17-8)15-10(16)6(2)13;/h3-4,6H,13H2,1-2H3,(H,14,15,16);1H. The largest absolute Gasteiger partial charge is 0.320 e. The molecule has 0 spiro atoms. The van der Waals surface area contributed by atoms with Gasteiger partial charge < -0.3 is 11.1 Å². The van der Waals surface area contributed by atoms with E-state index in [1.54, 1.807) is 19.9 Å². The molecule has 1 aromatic heterocycles. The normalized spacial score (nSPS) is 12.0. The van der Waals surface area contributed by atoms with Crippen molar-refractivity contribution in [2.24, 2.45) is 5.73 Å². The number of hydrogen-bond acceptors (Lipinski definition) is 4. The summed E-state index contributed by atoms with van der Waals surface area (Å²) in [6.45, 7) is 3.25. The molecular formula is C11H13ClFN3OS. The van der Waals surface area contributed by atoms with Gasteiger partial charge in [0.05, 0.1) is 16.3 Å². The monoisotopic (exact) mass is 289 g/mol. The molecule has 7 heteroatoms. The molecule has 3 N–H and O–H groups in total. The van der Waals surface area contributed by atoms with Gasteiger partial charge in [0, 0.05) is 5.56 Å². The summed E-state index contributed by atoms with van der Waals surface area (Å²) in [6.07, 6.45) is 0. The summed E-state index contributed by atoms with van der Waals surface area (Å²) in [7, 11) is 0. The first-order valence-corrected chi connectivity index (χ1v) is 5.93. The van der Waals surface area contributed by atoms with Crippen molar-refractivity contribution in [3.63, 3.8) is 0 Å². The van der Waals surface area contributed by atoms with Crippen molar-refractivity contribution >= 4 is 45.0 Å². The lowest BCUT2D eigenvalue weighted by Crippen LogP contribution is -2.32. The Morgan fingerprint density at radius 2 is 2.22 bits per heavy atom. The van der Waals surface area contributed by atoms with Crippen molar-refractivity contribution in [2.75, 3.05) is 5.32 Å². The van der Waals surface area contributed by atoms with Crippen molar-refractivity contribution in [1.82, 2.24) is 4.98 Å². The van der Waals surface area contributed by atoms with Gasteiger partial charge in [-0.05, 0) is 26.0 Å². The SMILES string of the molecule is Cc1c(F)ccc2sc(NC(=O)C(C)N)nc12.Cl. The number of benzene rings is 1. The second kappa shape index (κ2) is 5.60. The van der Waals surface area contributed by atoms with Gasteiger partial charge in [-0.1, -0.05) is 11.3 Å². The Labute approximate surface area is 114 Å². The summed E-state index contributed by atoms with van der Waals surface area (Å²) in [4.78, 5) is 15.6. The summed E-state index contributed by atoms with van der Waals surface area (Å²) >= 11 is 1.30. The average molecular weight is 290 g/mol. The van der Waals surface area contributed by atoms with E-state index in [1.807, 2.05) is 0 Å². The quantitative estimate of drug-likeness (QED) is 0.892. The number of rotatable bonds is 2. The number of halogens is 2. The number of thiazole rings is 1. The molecule has 18 heavy (non-hydrogen) atoms. The van der Waals surface area contributed by atoms with E-state index in [1.165, 1.54) is 17.4 Å². The van der Waals surface area contributed by atoms with E-state index in [4.69, 9.17) is 5.73 Å². The number of nitrogens with one attached hydrogen (secondary N) is 1. The number of hydrogen-bond donors (Lipinski definition) is 2. The maximum absolute atomic E-state index is 13.3. The Kier molecular flexibility index (Phi) is 4.61. The topological polar surface area (TPSA) is 68.0 Å². The van der Waals surface area contributed by atoms with Gasteiger partial charge in [-0.25, -0.2) is 9.37 Å². The van der Waals surface area contributed by atoms with Crippen molar-refractivity contribution in [2.45, 2.75) is 19.9 Å². The van der Waals surface area contributed by atoms with Crippen molar-refractivity contribution in [3.8, 4) is 0 Å². The molecule has 0 saturated carbocycles. The molecule has 2 rings (SSSR count). The lowest BCUT2D eigenvalue weighted by Gasteiger charge is -2.03. The third-order valence-electron chi connectivity index (χ3n) is 2.39. The van der Waals surface area contributed by atoms with Gasteiger partial charge in [-0.15, -0.1) is 12.4 Å². The van der Waals surface area contributed by atoms with Crippen molar-refractivity contribution in [3.05, 3.63) is 23.5 Å². The van der Waals surface area contributed by atoms with Gasteiger partial charge in [0.1, 0.15) is 5.82 Å². The number of fused-ring (bicyclic) bond motifs is 1. The molecule has 1 atom stereocenters. The smallest absolute Gasteiger partial charge is 0.242 e. The third-order valence-corrected chi connectivity index (χ3v) is 3.33. The predicted octanol–water partition coefficient (Wildman–Crippen LogP) is 2.45. The van der Waals surface area contributed by atoms with Gasteiger partial charge in [-0.3, -0.25) is 4.79 Å². The summed E-state index contributed by atoms with van der Waals surface area (Å²) in [5.41, 5.74) is 6.50. The fourth-order valence-corrected chi connectivity index (χ4v) is 2.30. The van der Waals surface area contributed by atoms with Gasteiger partial charge in [0.15, 0.2) is 5.13 Å². The van der Waals surface area contributed by atoms with E-state index < -0.39 is 6.04 Å². The highest BCUT2D eigenvalue weighted by molar-refractivity contribution is 7.22. The molecule has 0 aliphatic heterocycles. The molecule has 0 radical (unpaired) electrons. The van der Waals surface area contributed by atoms with Crippen LogP contribution in [0.3, 0.4) is 0 Å². The minimum absolute atomic E-state index is 0. The van der Waals surface area contributed by atoms with Gasteiger partial charge in [-0.2, -0.15) is 0 Å². The first-order chi connectivity index (χ1) is 7.99. The molecule has 0 fully saturated rings. The van der Waals surface area contributed by atoms with E-state index in [9.17, 15) is 9.18 Å². The van der Waals surface area contributed by atoms with Crippen LogP contribution >= 0.6 is 23.7 Å². The van der Waals surface area contributed by atoms with Crippen LogP contribution in [0.2, 0.25) is 0 Å². The lowest BCUT2D eigenvalue weighted by atomic mass is 10.2. The van der Waals surface area contributed by atoms with Crippen LogP contribution in [-0.4, -0.2) is 16.9 Å². The molecule has 0 saturated heterocycles. The number of anilines is 1. The summed E-state index contributed by atoms with van der Waals surface area (Å²) < 4.78 is 14.1. The molecule has 1 unspecified atom stereocenters. The highest BCUT2D eigenvalue weighted by atomic mass is 35.5. The zero-order valence-electron chi connectivity index (χ0n) is 9.86. The Balaban J connectivity index is 0.00000162. The number of aromatic nitrogens is 1. The zero-order chi connectivity index (χ0) is 12.6. The van der Waals surface area contributed by atoms with Crippen LogP contribution in [0.4, 0.5) is 9.52 Å². The minimum Gasteiger partial charge on any atom is -0.320 e. The molecular weight excluding hydrogens is 277 g/mol. The van der Waals surface area contributed by atoms with E-state index >= 15 is 0 Å². The number of aryl methyl sites for hydroxylation is 1. The van der Waals surface area contributed by atoms with Crippen LogP contribution in [0.15, 0.2) is 12.1 Å². The van der Waals surface area contributed by atoms with E-state index in [2.05, 4.69) is 10.3 Å². The molecule has 2 aromatic rings. The van der Waals surface area contributed by atoms with E-state index in [-0.39, 0.29) is 24.1 Å². The van der Waals surface area contributed by atoms with E-state index in [0.29, 0.717) is 16.2 Å². The molecule has 4 nitrogen and oxygen atoms in total. The summed E-state index contributed by atoms with van der Waals surface area (Å²) in [5.74, 6) is -0.602. The van der Waals surface area contributed by atoms with Crippen LogP contribution < -0.4 is 11.1 Å². The van der Waals surface area contributed by atoms with Gasteiger partial charge in [0.2, 0.25) is 5.91 Å². The Morgan fingerprint density at radius 1 is 1.56 bits per heavy atom. The molecule has 1 heterocycles. The average Bonchev–Trinajstić information content (AvgIpc) is 2.67. The number of carbonyl (C=O) groups excluding carboxylic acids is 1. The van der Waals surface area contributed by atoms with Crippen molar-refractivity contribution < 1.29 is 9.18 Å². The highest BCUT2D eigenvalue weighted by Crippen LogP contribution is 2.29. The molecule has 1 amide bonds. The maximum Gasteiger partial charge on any atom is 0.242 e. The zero-order valence-corrected chi connectivity index (χ0v) is 11.5. The maximum atomic E-state index is 13.3. The summed E-state index contributed by atoms with van der Waals surface area (Å²) in [5, 5.41) is 3.04. The molecule has 0 aliphatic carbocycles. The van der Waals surface area contributed by atoms with E-state index in [0.717, 1.165) is 4.70 Å². The van der Waals surface area contributed by atoms with Gasteiger partial charge >= 0.3 is 0 Å². The minimum atomic E-state index is -0.597. The van der Waals surface area contributed by atoms with Crippen LogP contribution in [-0.2, 0) is 4.79 Å². The molecule has 1 aromatic carbocycles. The molecule has 0 bridgehead atoms. The first kappa shape index (κ1) is 14.8. The molecule has 98 valence electrons. The fourth-order valence-electron chi connectivity index (χ4n) is 1.37. The van der Waals surface area contributed by atoms with Gasteiger partial charge in [0.25, 0.3) is 0 Å². The first-order valence-electron chi connectivity index (χ1n) is 5.11. The predicted molar refractivity (Wildman–Crippen MR) is 73.8 cm³/mol. The Morgan fingerprint density at radius 3 is 2.83 bits per heavy atom. The fraction of sp³-hybridized carbons (Fsp3) is 0.273. The van der Waals surface area contributed by atoms with Crippen LogP contribution in [0.25, 0.3) is 10.2 Å². The Bertz CT molecular complexity index is 585.